The van der Waals surface area contributed by atoms with Gasteiger partial charge in [-0.3, -0.25) is 4.57 Å². The van der Waals surface area contributed by atoms with Crippen LogP contribution in [0.4, 0.5) is 4.79 Å². The van der Waals surface area contributed by atoms with Crippen molar-refractivity contribution in [3.8, 4) is 6.01 Å². The fourth-order valence-corrected chi connectivity index (χ4v) is 3.96. The summed E-state index contributed by atoms with van der Waals surface area (Å²) in [5.41, 5.74) is 2.66. The Bertz CT molecular complexity index is 1050. The molecule has 1 amide bonds. The predicted molar refractivity (Wildman–Crippen MR) is 124 cm³/mol. The zero-order valence-corrected chi connectivity index (χ0v) is 19.8. The summed E-state index contributed by atoms with van der Waals surface area (Å²) in [7, 11) is 0. The number of amides is 1. The van der Waals surface area contributed by atoms with Gasteiger partial charge in [0, 0.05) is 30.4 Å². The van der Waals surface area contributed by atoms with Crippen LogP contribution < -0.4 is 4.74 Å². The standard InChI is InChI=1S/C24H28BrN3O3/c1-24(2,3)31-23(29)27-14-12-19(13-15-27)30-22-26-20-6-4-5-7-21(20)28(22)16-17-8-10-18(25)11-9-17/h4-11,19H,12-16H2,1-3H3. The van der Waals surface area contributed by atoms with Crippen LogP contribution >= 0.6 is 15.9 Å². The molecule has 0 radical (unpaired) electrons. The molecule has 0 saturated carbocycles. The third kappa shape index (κ3) is 5.39. The summed E-state index contributed by atoms with van der Waals surface area (Å²) in [5, 5.41) is 0. The lowest BCUT2D eigenvalue weighted by Gasteiger charge is -2.33. The molecule has 1 fully saturated rings. The summed E-state index contributed by atoms with van der Waals surface area (Å²) in [6, 6.07) is 17.0. The lowest BCUT2D eigenvalue weighted by atomic mass is 10.1. The smallest absolute Gasteiger partial charge is 0.410 e. The number of likely N-dealkylation sites (tertiary alicyclic amines) is 1. The fourth-order valence-electron chi connectivity index (χ4n) is 3.70. The van der Waals surface area contributed by atoms with Crippen LogP contribution in [0, 0.1) is 0 Å². The van der Waals surface area contributed by atoms with Gasteiger partial charge in [0.25, 0.3) is 6.01 Å². The van der Waals surface area contributed by atoms with Crippen LogP contribution in [0.15, 0.2) is 53.0 Å². The zero-order chi connectivity index (χ0) is 22.0. The summed E-state index contributed by atoms with van der Waals surface area (Å²) in [5.74, 6) is 0. The minimum atomic E-state index is -0.484. The molecule has 1 aromatic heterocycles. The van der Waals surface area contributed by atoms with Crippen molar-refractivity contribution in [2.45, 2.75) is 51.9 Å². The van der Waals surface area contributed by atoms with Crippen molar-refractivity contribution in [2.75, 3.05) is 13.1 Å². The topological polar surface area (TPSA) is 56.6 Å². The molecule has 3 aromatic rings. The van der Waals surface area contributed by atoms with E-state index in [1.54, 1.807) is 4.90 Å². The Kier molecular flexibility index (Phi) is 6.23. The van der Waals surface area contributed by atoms with Crippen LogP contribution in [-0.2, 0) is 11.3 Å². The van der Waals surface area contributed by atoms with E-state index < -0.39 is 5.60 Å². The highest BCUT2D eigenvalue weighted by Gasteiger charge is 2.28. The Labute approximate surface area is 191 Å². The number of fused-ring (bicyclic) bond motifs is 1. The second-order valence-electron chi connectivity index (χ2n) is 8.88. The molecule has 2 aromatic carbocycles. The van der Waals surface area contributed by atoms with E-state index in [1.807, 2.05) is 51.1 Å². The number of hydrogen-bond acceptors (Lipinski definition) is 4. The number of nitrogens with zero attached hydrogens (tertiary/aromatic N) is 3. The van der Waals surface area contributed by atoms with E-state index >= 15 is 0 Å². The Morgan fingerprint density at radius 1 is 1.10 bits per heavy atom. The molecule has 1 saturated heterocycles. The molecule has 0 aliphatic carbocycles. The van der Waals surface area contributed by atoms with E-state index in [-0.39, 0.29) is 12.2 Å². The van der Waals surface area contributed by atoms with Gasteiger partial charge >= 0.3 is 6.09 Å². The molecule has 0 N–H and O–H groups in total. The van der Waals surface area contributed by atoms with Gasteiger partial charge < -0.3 is 14.4 Å². The van der Waals surface area contributed by atoms with Crippen molar-refractivity contribution in [1.29, 1.82) is 0 Å². The summed E-state index contributed by atoms with van der Waals surface area (Å²) in [6.07, 6.45) is 1.26. The van der Waals surface area contributed by atoms with E-state index in [1.165, 1.54) is 5.56 Å². The molecule has 1 aliphatic rings. The highest BCUT2D eigenvalue weighted by Crippen LogP contribution is 2.26. The van der Waals surface area contributed by atoms with Crippen LogP contribution in [0.5, 0.6) is 6.01 Å². The first-order valence-corrected chi connectivity index (χ1v) is 11.4. The van der Waals surface area contributed by atoms with Crippen molar-refractivity contribution in [3.63, 3.8) is 0 Å². The maximum atomic E-state index is 12.3. The summed E-state index contributed by atoms with van der Waals surface area (Å²) >= 11 is 3.49. The van der Waals surface area contributed by atoms with Gasteiger partial charge in [-0.05, 0) is 50.6 Å². The van der Waals surface area contributed by atoms with Gasteiger partial charge in [0.05, 0.1) is 17.6 Å². The van der Waals surface area contributed by atoms with Crippen molar-refractivity contribution in [3.05, 3.63) is 58.6 Å². The van der Waals surface area contributed by atoms with Crippen molar-refractivity contribution >= 4 is 33.1 Å². The molecular formula is C24H28BrN3O3. The molecular weight excluding hydrogens is 458 g/mol. The van der Waals surface area contributed by atoms with Crippen LogP contribution in [-0.4, -0.2) is 45.3 Å². The summed E-state index contributed by atoms with van der Waals surface area (Å²) in [6.45, 7) is 7.57. The number of piperidine rings is 1. The van der Waals surface area contributed by atoms with Gasteiger partial charge in [-0.2, -0.15) is 4.98 Å². The Balaban J connectivity index is 1.47. The Morgan fingerprint density at radius 2 is 1.77 bits per heavy atom. The first kappa shape index (κ1) is 21.7. The summed E-state index contributed by atoms with van der Waals surface area (Å²) in [4.78, 5) is 18.8. The van der Waals surface area contributed by atoms with Crippen LogP contribution in [0.1, 0.15) is 39.2 Å². The molecule has 7 heteroatoms. The number of aromatic nitrogens is 2. The molecule has 0 bridgehead atoms. The van der Waals surface area contributed by atoms with Crippen molar-refractivity contribution in [2.24, 2.45) is 0 Å². The third-order valence-corrected chi connectivity index (χ3v) is 5.77. The van der Waals surface area contributed by atoms with Gasteiger partial charge in [0.1, 0.15) is 11.7 Å². The van der Waals surface area contributed by atoms with E-state index in [2.05, 4.69) is 38.7 Å². The first-order chi connectivity index (χ1) is 14.8. The van der Waals surface area contributed by atoms with E-state index in [0.29, 0.717) is 25.6 Å². The average molecular weight is 486 g/mol. The molecule has 6 nitrogen and oxygen atoms in total. The van der Waals surface area contributed by atoms with Gasteiger partial charge in [0.2, 0.25) is 0 Å². The SMILES string of the molecule is CC(C)(C)OC(=O)N1CCC(Oc2nc3ccccc3n2Cc2ccc(Br)cc2)CC1. The molecule has 4 rings (SSSR count). The van der Waals surface area contributed by atoms with E-state index in [4.69, 9.17) is 14.5 Å². The van der Waals surface area contributed by atoms with Crippen molar-refractivity contribution in [1.82, 2.24) is 14.5 Å². The maximum Gasteiger partial charge on any atom is 0.410 e. The van der Waals surface area contributed by atoms with Crippen LogP contribution in [0.2, 0.25) is 0 Å². The molecule has 1 aliphatic heterocycles. The molecule has 164 valence electrons. The maximum absolute atomic E-state index is 12.3. The Morgan fingerprint density at radius 3 is 2.45 bits per heavy atom. The Hall–Kier alpha value is -2.54. The highest BCUT2D eigenvalue weighted by atomic mass is 79.9. The minimum absolute atomic E-state index is 0.0131. The number of imidazole rings is 1. The van der Waals surface area contributed by atoms with Gasteiger partial charge in [-0.15, -0.1) is 0 Å². The lowest BCUT2D eigenvalue weighted by Crippen LogP contribution is -2.44. The van der Waals surface area contributed by atoms with Gasteiger partial charge in [-0.25, -0.2) is 4.79 Å². The number of halogens is 1. The van der Waals surface area contributed by atoms with Crippen LogP contribution in [0.25, 0.3) is 11.0 Å². The summed E-state index contributed by atoms with van der Waals surface area (Å²) < 4.78 is 15.0. The van der Waals surface area contributed by atoms with E-state index in [9.17, 15) is 4.79 Å². The largest absolute Gasteiger partial charge is 0.461 e. The number of para-hydroxylation sites is 2. The second kappa shape index (κ2) is 8.91. The highest BCUT2D eigenvalue weighted by molar-refractivity contribution is 9.10. The molecule has 2 heterocycles. The molecule has 0 unspecified atom stereocenters. The fraction of sp³-hybridized carbons (Fsp3) is 0.417. The number of rotatable bonds is 4. The molecule has 31 heavy (non-hydrogen) atoms. The molecule has 0 spiro atoms. The van der Waals surface area contributed by atoms with Gasteiger partial charge in [-0.1, -0.05) is 40.2 Å². The third-order valence-electron chi connectivity index (χ3n) is 5.24. The number of ether oxygens (including phenoxy) is 2. The average Bonchev–Trinajstić information content (AvgIpc) is 3.06. The number of benzene rings is 2. The molecule has 0 atom stereocenters. The quantitative estimate of drug-likeness (QED) is 0.480. The lowest BCUT2D eigenvalue weighted by molar-refractivity contribution is 0.0116. The predicted octanol–water partition coefficient (Wildman–Crippen LogP) is 5.63. The van der Waals surface area contributed by atoms with Crippen LogP contribution in [0.3, 0.4) is 0 Å². The first-order valence-electron chi connectivity index (χ1n) is 10.6. The minimum Gasteiger partial charge on any atom is -0.461 e. The number of carbonyl (C=O) groups excluding carboxylic acids is 1. The number of hydrogen-bond donors (Lipinski definition) is 0. The zero-order valence-electron chi connectivity index (χ0n) is 18.2. The second-order valence-corrected chi connectivity index (χ2v) is 9.80. The van der Waals surface area contributed by atoms with Gasteiger partial charge in [0.15, 0.2) is 0 Å². The number of carbonyl (C=O) groups is 1. The monoisotopic (exact) mass is 485 g/mol. The van der Waals surface area contributed by atoms with E-state index in [0.717, 1.165) is 28.3 Å². The van der Waals surface area contributed by atoms with Crippen molar-refractivity contribution < 1.29 is 14.3 Å². The normalized spacial score (nSPS) is 15.3.